The third-order valence-electron chi connectivity index (χ3n) is 3.30. The summed E-state index contributed by atoms with van der Waals surface area (Å²) >= 11 is 5.73. The minimum Gasteiger partial charge on any atom is -0.355 e. The Morgan fingerprint density at radius 3 is 2.80 bits per heavy atom. The van der Waals surface area contributed by atoms with Gasteiger partial charge in [0, 0.05) is 23.9 Å². The lowest BCUT2D eigenvalue weighted by atomic mass is 10.3. The highest BCUT2D eigenvalue weighted by Gasteiger charge is 2.38. The van der Waals surface area contributed by atoms with E-state index in [1.165, 1.54) is 18.2 Å². The Kier molecular flexibility index (Phi) is 4.60. The minimum absolute atomic E-state index is 0.0146. The number of rotatable bonds is 5. The monoisotopic (exact) mass is 298 g/mol. The smallest absolute Gasteiger partial charge is 0.226 e. The second-order valence-electron chi connectivity index (χ2n) is 5.03. The van der Waals surface area contributed by atoms with Gasteiger partial charge in [0.25, 0.3) is 0 Å². The van der Waals surface area contributed by atoms with Crippen molar-refractivity contribution in [2.75, 3.05) is 11.9 Å². The number of hydrogen-bond donors (Lipinski definition) is 2. The molecule has 1 fully saturated rings. The van der Waals surface area contributed by atoms with E-state index in [0.717, 1.165) is 6.42 Å². The van der Waals surface area contributed by atoms with Crippen molar-refractivity contribution in [3.05, 3.63) is 29.0 Å². The van der Waals surface area contributed by atoms with E-state index in [-0.39, 0.29) is 36.4 Å². The molecule has 6 heteroatoms. The molecule has 0 unspecified atom stereocenters. The Hall–Kier alpha value is -1.62. The molecule has 0 radical (unpaired) electrons. The van der Waals surface area contributed by atoms with Crippen molar-refractivity contribution in [1.82, 2.24) is 5.32 Å². The van der Waals surface area contributed by atoms with Crippen LogP contribution in [0.2, 0.25) is 5.02 Å². The van der Waals surface area contributed by atoms with E-state index < -0.39 is 5.82 Å². The first-order chi connectivity index (χ1) is 9.47. The molecule has 20 heavy (non-hydrogen) atoms. The number of nitrogens with one attached hydrogen (secondary N) is 2. The van der Waals surface area contributed by atoms with Crippen LogP contribution < -0.4 is 10.6 Å². The fourth-order valence-electron chi connectivity index (χ4n) is 1.92. The molecule has 0 aromatic heterocycles. The predicted octanol–water partition coefficient (Wildman–Crippen LogP) is 2.58. The summed E-state index contributed by atoms with van der Waals surface area (Å²) in [6.07, 6.45) is 1.00. The van der Waals surface area contributed by atoms with Gasteiger partial charge in [0.05, 0.1) is 5.69 Å². The zero-order valence-corrected chi connectivity index (χ0v) is 11.8. The summed E-state index contributed by atoms with van der Waals surface area (Å²) in [6.45, 7) is 2.26. The van der Waals surface area contributed by atoms with Crippen molar-refractivity contribution >= 4 is 29.1 Å². The van der Waals surface area contributed by atoms with E-state index in [2.05, 4.69) is 10.6 Å². The largest absolute Gasteiger partial charge is 0.355 e. The highest BCUT2D eigenvalue weighted by atomic mass is 35.5. The number of carbonyl (C=O) groups excluding carboxylic acids is 2. The molecule has 2 atom stereocenters. The van der Waals surface area contributed by atoms with Crippen LogP contribution in [0.5, 0.6) is 0 Å². The molecule has 0 spiro atoms. The van der Waals surface area contributed by atoms with Crippen LogP contribution in [0.3, 0.4) is 0 Å². The first-order valence-electron chi connectivity index (χ1n) is 6.50. The first kappa shape index (κ1) is 14.8. The molecule has 1 saturated carbocycles. The molecule has 1 aromatic rings. The van der Waals surface area contributed by atoms with Gasteiger partial charge in [0.1, 0.15) is 5.82 Å². The average Bonchev–Trinajstić information content (AvgIpc) is 3.11. The molecule has 0 heterocycles. The van der Waals surface area contributed by atoms with Gasteiger partial charge < -0.3 is 10.6 Å². The first-order valence-corrected chi connectivity index (χ1v) is 6.88. The van der Waals surface area contributed by atoms with E-state index >= 15 is 0 Å². The van der Waals surface area contributed by atoms with Crippen LogP contribution >= 0.6 is 11.6 Å². The molecule has 4 nitrogen and oxygen atoms in total. The summed E-state index contributed by atoms with van der Waals surface area (Å²) in [7, 11) is 0. The molecule has 2 amide bonds. The van der Waals surface area contributed by atoms with Gasteiger partial charge in [-0.25, -0.2) is 4.39 Å². The molecular weight excluding hydrogens is 283 g/mol. The highest BCUT2D eigenvalue weighted by Crippen LogP contribution is 2.37. The summed E-state index contributed by atoms with van der Waals surface area (Å²) in [5.41, 5.74) is 0.0460. The van der Waals surface area contributed by atoms with Gasteiger partial charge in [0.2, 0.25) is 11.8 Å². The molecule has 1 aliphatic carbocycles. The van der Waals surface area contributed by atoms with Crippen LogP contribution in [-0.4, -0.2) is 18.4 Å². The van der Waals surface area contributed by atoms with Gasteiger partial charge >= 0.3 is 0 Å². The maximum absolute atomic E-state index is 13.4. The van der Waals surface area contributed by atoms with Crippen LogP contribution in [0.1, 0.15) is 19.8 Å². The van der Waals surface area contributed by atoms with Gasteiger partial charge in [-0.2, -0.15) is 0 Å². The summed E-state index contributed by atoms with van der Waals surface area (Å²) in [6, 6.07) is 3.94. The number of halogens is 2. The van der Waals surface area contributed by atoms with Crippen LogP contribution in [0, 0.1) is 17.7 Å². The van der Waals surface area contributed by atoms with Gasteiger partial charge in [0.15, 0.2) is 0 Å². The number of amides is 2. The van der Waals surface area contributed by atoms with E-state index in [4.69, 9.17) is 11.6 Å². The second kappa shape index (κ2) is 6.22. The van der Waals surface area contributed by atoms with Crippen molar-refractivity contribution in [2.45, 2.75) is 19.8 Å². The fraction of sp³-hybridized carbons (Fsp3) is 0.429. The van der Waals surface area contributed by atoms with Crippen molar-refractivity contribution in [1.29, 1.82) is 0 Å². The van der Waals surface area contributed by atoms with Crippen LogP contribution in [0.4, 0.5) is 10.1 Å². The quantitative estimate of drug-likeness (QED) is 0.878. The summed E-state index contributed by atoms with van der Waals surface area (Å²) < 4.78 is 13.4. The third-order valence-corrected chi connectivity index (χ3v) is 3.54. The Morgan fingerprint density at radius 2 is 2.15 bits per heavy atom. The van der Waals surface area contributed by atoms with E-state index in [1.54, 1.807) is 0 Å². The SMILES string of the molecule is C[C@H]1C[C@@H]1C(=O)NCCC(=O)Nc1cc(Cl)ccc1F. The minimum atomic E-state index is -0.543. The number of carbonyl (C=O) groups is 2. The molecule has 1 aliphatic rings. The Morgan fingerprint density at radius 1 is 1.45 bits per heavy atom. The van der Waals surface area contributed by atoms with Gasteiger partial charge in [-0.3, -0.25) is 9.59 Å². The number of hydrogen-bond acceptors (Lipinski definition) is 2. The normalized spacial score (nSPS) is 20.4. The lowest BCUT2D eigenvalue weighted by Gasteiger charge is -2.07. The lowest BCUT2D eigenvalue weighted by molar-refractivity contribution is -0.122. The molecule has 0 bridgehead atoms. The Bertz CT molecular complexity index is 536. The topological polar surface area (TPSA) is 58.2 Å². The summed E-state index contributed by atoms with van der Waals surface area (Å²) in [5.74, 6) is -0.402. The summed E-state index contributed by atoms with van der Waals surface area (Å²) in [5, 5.41) is 5.47. The Labute approximate surface area is 121 Å². The van der Waals surface area contributed by atoms with Gasteiger partial charge in [-0.15, -0.1) is 0 Å². The fourth-order valence-corrected chi connectivity index (χ4v) is 2.10. The third kappa shape index (κ3) is 3.93. The number of benzene rings is 1. The second-order valence-corrected chi connectivity index (χ2v) is 5.47. The molecule has 1 aromatic carbocycles. The van der Waals surface area contributed by atoms with Crippen molar-refractivity contribution < 1.29 is 14.0 Å². The summed E-state index contributed by atoms with van der Waals surface area (Å²) in [4.78, 5) is 23.2. The number of anilines is 1. The average molecular weight is 299 g/mol. The van der Waals surface area contributed by atoms with Crippen LogP contribution in [0.25, 0.3) is 0 Å². The molecular formula is C14H16ClFN2O2. The molecule has 0 aliphatic heterocycles. The molecule has 108 valence electrons. The maximum Gasteiger partial charge on any atom is 0.226 e. The van der Waals surface area contributed by atoms with Crippen LogP contribution in [0.15, 0.2) is 18.2 Å². The highest BCUT2D eigenvalue weighted by molar-refractivity contribution is 6.30. The molecule has 2 N–H and O–H groups in total. The zero-order valence-electron chi connectivity index (χ0n) is 11.1. The van der Waals surface area contributed by atoms with E-state index in [1.807, 2.05) is 6.92 Å². The molecule has 0 saturated heterocycles. The van der Waals surface area contributed by atoms with Crippen molar-refractivity contribution in [3.8, 4) is 0 Å². The van der Waals surface area contributed by atoms with E-state index in [0.29, 0.717) is 10.9 Å². The van der Waals surface area contributed by atoms with Crippen LogP contribution in [-0.2, 0) is 9.59 Å². The lowest BCUT2D eigenvalue weighted by Crippen LogP contribution is -2.29. The van der Waals surface area contributed by atoms with E-state index in [9.17, 15) is 14.0 Å². The molecule has 2 rings (SSSR count). The maximum atomic E-state index is 13.4. The Balaban J connectivity index is 1.75. The van der Waals surface area contributed by atoms with Gasteiger partial charge in [-0.05, 0) is 30.5 Å². The van der Waals surface area contributed by atoms with Crippen molar-refractivity contribution in [3.63, 3.8) is 0 Å². The van der Waals surface area contributed by atoms with Gasteiger partial charge in [-0.1, -0.05) is 18.5 Å². The standard InChI is InChI=1S/C14H16ClFN2O2/c1-8-6-10(8)14(20)17-5-4-13(19)18-12-7-9(15)2-3-11(12)16/h2-3,7-8,10H,4-6H2,1H3,(H,17,20)(H,18,19)/t8-,10-/m0/s1. The predicted molar refractivity (Wildman–Crippen MR) is 74.9 cm³/mol. The zero-order chi connectivity index (χ0) is 14.7. The van der Waals surface area contributed by atoms with Crippen molar-refractivity contribution in [2.24, 2.45) is 11.8 Å².